The Bertz CT molecular complexity index is 788. The van der Waals surface area contributed by atoms with Gasteiger partial charge in [-0.3, -0.25) is 10.1 Å². The first-order valence-electron chi connectivity index (χ1n) is 7.99. The summed E-state index contributed by atoms with van der Waals surface area (Å²) in [5.41, 5.74) is 7.98. The van der Waals surface area contributed by atoms with Crippen LogP contribution in [0.2, 0.25) is 0 Å². The Labute approximate surface area is 168 Å². The number of nitro groups is 1. The van der Waals surface area contributed by atoms with Crippen molar-refractivity contribution in [3.8, 4) is 0 Å². The Morgan fingerprint density at radius 1 is 1.19 bits per heavy atom. The summed E-state index contributed by atoms with van der Waals surface area (Å²) in [6, 6.07) is 10.7. The number of nitrogens with two attached hydrogens (primary N) is 1. The number of rotatable bonds is 7. The molecule has 0 radical (unpaired) electrons. The van der Waals surface area contributed by atoms with E-state index in [2.05, 4.69) is 60.8 Å². The van der Waals surface area contributed by atoms with Gasteiger partial charge in [-0.05, 0) is 70.0 Å². The first kappa shape index (κ1) is 20.5. The van der Waals surface area contributed by atoms with Crippen LogP contribution in [-0.4, -0.2) is 24.1 Å². The molecule has 0 aliphatic rings. The highest BCUT2D eigenvalue weighted by molar-refractivity contribution is 9.11. The number of halogens is 2. The Morgan fingerprint density at radius 3 is 2.23 bits per heavy atom. The van der Waals surface area contributed by atoms with Crippen molar-refractivity contribution in [1.82, 2.24) is 0 Å². The van der Waals surface area contributed by atoms with Gasteiger partial charge in [-0.1, -0.05) is 0 Å². The monoisotopic (exact) mass is 483 g/mol. The van der Waals surface area contributed by atoms with Crippen molar-refractivity contribution in [2.24, 2.45) is 16.0 Å². The summed E-state index contributed by atoms with van der Waals surface area (Å²) in [6.07, 6.45) is 0. The van der Waals surface area contributed by atoms with E-state index in [0.29, 0.717) is 26.9 Å². The third kappa shape index (κ3) is 4.87. The van der Waals surface area contributed by atoms with Crippen LogP contribution in [0, 0.1) is 10.1 Å². The second-order valence-electron chi connectivity index (χ2n) is 5.60. The van der Waals surface area contributed by atoms with Crippen LogP contribution in [0.1, 0.15) is 13.8 Å². The van der Waals surface area contributed by atoms with E-state index in [-0.39, 0.29) is 11.7 Å². The maximum Gasteiger partial charge on any atom is 0.271 e. The SMILES string of the molecule is CCN(c1ccc(N=Nc2c(Br)cc([N+](=O)[O-])cc2Br)cc1)C(C)CN. The average Bonchev–Trinajstić information content (AvgIpc) is 2.62. The van der Waals surface area contributed by atoms with Gasteiger partial charge in [0.15, 0.2) is 0 Å². The summed E-state index contributed by atoms with van der Waals surface area (Å²) in [6.45, 7) is 5.61. The fourth-order valence-corrected chi connectivity index (χ4v) is 3.77. The lowest BCUT2D eigenvalue weighted by Gasteiger charge is -2.29. The second kappa shape index (κ2) is 9.20. The van der Waals surface area contributed by atoms with Gasteiger partial charge in [0, 0.05) is 37.0 Å². The molecular formula is C17H19Br2N5O2. The minimum Gasteiger partial charge on any atom is -0.368 e. The first-order chi connectivity index (χ1) is 12.4. The lowest BCUT2D eigenvalue weighted by atomic mass is 10.2. The molecule has 2 aromatic carbocycles. The van der Waals surface area contributed by atoms with Crippen molar-refractivity contribution in [3.05, 3.63) is 55.5 Å². The van der Waals surface area contributed by atoms with Gasteiger partial charge in [0.05, 0.1) is 19.6 Å². The number of hydrogen-bond acceptors (Lipinski definition) is 6. The van der Waals surface area contributed by atoms with Crippen molar-refractivity contribution in [2.75, 3.05) is 18.0 Å². The molecule has 1 atom stereocenters. The van der Waals surface area contributed by atoms with Crippen LogP contribution in [-0.2, 0) is 0 Å². The average molecular weight is 485 g/mol. The molecule has 2 aromatic rings. The van der Waals surface area contributed by atoms with E-state index in [9.17, 15) is 10.1 Å². The van der Waals surface area contributed by atoms with Crippen molar-refractivity contribution in [1.29, 1.82) is 0 Å². The molecule has 0 fully saturated rings. The van der Waals surface area contributed by atoms with Crippen molar-refractivity contribution in [2.45, 2.75) is 19.9 Å². The van der Waals surface area contributed by atoms with E-state index in [4.69, 9.17) is 5.73 Å². The molecule has 9 heteroatoms. The van der Waals surface area contributed by atoms with Gasteiger partial charge in [-0.15, -0.1) is 5.11 Å². The van der Waals surface area contributed by atoms with E-state index in [0.717, 1.165) is 12.2 Å². The maximum atomic E-state index is 10.9. The first-order valence-corrected chi connectivity index (χ1v) is 9.57. The minimum atomic E-state index is -0.461. The summed E-state index contributed by atoms with van der Waals surface area (Å²) in [7, 11) is 0. The van der Waals surface area contributed by atoms with E-state index < -0.39 is 4.92 Å². The number of azo groups is 1. The molecule has 0 bridgehead atoms. The van der Waals surface area contributed by atoms with E-state index in [1.165, 1.54) is 12.1 Å². The van der Waals surface area contributed by atoms with Gasteiger partial charge >= 0.3 is 0 Å². The van der Waals surface area contributed by atoms with Gasteiger partial charge in [-0.2, -0.15) is 5.11 Å². The number of nitro benzene ring substituents is 1. The lowest BCUT2D eigenvalue weighted by molar-refractivity contribution is -0.385. The van der Waals surface area contributed by atoms with E-state index >= 15 is 0 Å². The van der Waals surface area contributed by atoms with Crippen LogP contribution in [0.25, 0.3) is 0 Å². The molecule has 138 valence electrons. The number of benzene rings is 2. The second-order valence-corrected chi connectivity index (χ2v) is 7.31. The molecular weight excluding hydrogens is 466 g/mol. The smallest absolute Gasteiger partial charge is 0.271 e. The summed E-state index contributed by atoms with van der Waals surface area (Å²) in [5, 5.41) is 19.3. The van der Waals surface area contributed by atoms with Crippen LogP contribution >= 0.6 is 31.9 Å². The summed E-state index contributed by atoms with van der Waals surface area (Å²) < 4.78 is 0.987. The van der Waals surface area contributed by atoms with Gasteiger partial charge in [0.2, 0.25) is 0 Å². The minimum absolute atomic E-state index is 0.0271. The fourth-order valence-electron chi connectivity index (χ4n) is 2.45. The predicted molar refractivity (Wildman–Crippen MR) is 111 cm³/mol. The third-order valence-electron chi connectivity index (χ3n) is 3.87. The van der Waals surface area contributed by atoms with Crippen LogP contribution < -0.4 is 10.6 Å². The fraction of sp³-hybridized carbons (Fsp3) is 0.294. The number of hydrogen-bond donors (Lipinski definition) is 1. The molecule has 26 heavy (non-hydrogen) atoms. The molecule has 0 aromatic heterocycles. The highest BCUT2D eigenvalue weighted by Gasteiger charge is 2.14. The molecule has 0 saturated heterocycles. The number of likely N-dealkylation sites (N-methyl/N-ethyl adjacent to an activating group) is 1. The highest BCUT2D eigenvalue weighted by atomic mass is 79.9. The van der Waals surface area contributed by atoms with Gasteiger partial charge in [0.1, 0.15) is 5.69 Å². The zero-order chi connectivity index (χ0) is 19.3. The summed E-state index contributed by atoms with van der Waals surface area (Å²) >= 11 is 6.59. The van der Waals surface area contributed by atoms with Gasteiger partial charge in [0.25, 0.3) is 5.69 Å². The predicted octanol–water partition coefficient (Wildman–Crippen LogP) is 5.71. The Balaban J connectivity index is 2.23. The van der Waals surface area contributed by atoms with E-state index in [1.54, 1.807) is 0 Å². The van der Waals surface area contributed by atoms with Crippen molar-refractivity contribution >= 4 is 54.6 Å². The molecule has 2 N–H and O–H groups in total. The van der Waals surface area contributed by atoms with Crippen molar-refractivity contribution in [3.63, 3.8) is 0 Å². The number of anilines is 1. The zero-order valence-electron chi connectivity index (χ0n) is 14.4. The van der Waals surface area contributed by atoms with Crippen molar-refractivity contribution < 1.29 is 4.92 Å². The quantitative estimate of drug-likeness (QED) is 0.309. The molecule has 2 rings (SSSR count). The molecule has 0 aliphatic heterocycles. The molecule has 0 saturated carbocycles. The standard InChI is InChI=1S/C17H19Br2N5O2/c1-3-23(11(2)10-20)13-6-4-12(5-7-13)21-22-17-15(18)8-14(24(25)26)9-16(17)19/h4-9,11H,3,10,20H2,1-2H3. The molecule has 0 aliphatic carbocycles. The van der Waals surface area contributed by atoms with Crippen LogP contribution in [0.3, 0.4) is 0 Å². The Kier molecular flexibility index (Phi) is 7.24. The van der Waals surface area contributed by atoms with Crippen LogP contribution in [0.15, 0.2) is 55.6 Å². The van der Waals surface area contributed by atoms with E-state index in [1.807, 2.05) is 24.3 Å². The molecule has 0 heterocycles. The molecule has 1 unspecified atom stereocenters. The zero-order valence-corrected chi connectivity index (χ0v) is 17.6. The number of non-ortho nitro benzene ring substituents is 1. The molecule has 7 nitrogen and oxygen atoms in total. The van der Waals surface area contributed by atoms with Crippen LogP contribution in [0.4, 0.5) is 22.7 Å². The van der Waals surface area contributed by atoms with Gasteiger partial charge < -0.3 is 10.6 Å². The largest absolute Gasteiger partial charge is 0.368 e. The van der Waals surface area contributed by atoms with Gasteiger partial charge in [-0.25, -0.2) is 0 Å². The summed E-state index contributed by atoms with van der Waals surface area (Å²) in [4.78, 5) is 12.6. The Morgan fingerprint density at radius 2 is 1.77 bits per heavy atom. The molecule has 0 spiro atoms. The summed E-state index contributed by atoms with van der Waals surface area (Å²) in [5.74, 6) is 0. The third-order valence-corrected chi connectivity index (χ3v) is 5.08. The maximum absolute atomic E-state index is 10.9. The topological polar surface area (TPSA) is 97.1 Å². The Hall–Kier alpha value is -1.84. The highest BCUT2D eigenvalue weighted by Crippen LogP contribution is 2.38. The van der Waals surface area contributed by atoms with Crippen LogP contribution in [0.5, 0.6) is 0 Å². The normalized spacial score (nSPS) is 12.3. The number of nitrogens with zero attached hydrogens (tertiary/aromatic N) is 4. The molecule has 0 amide bonds. The lowest BCUT2D eigenvalue weighted by Crippen LogP contribution is -2.38.